The molecule has 2 aliphatic carbocycles. The van der Waals surface area contributed by atoms with E-state index in [4.69, 9.17) is 0 Å². The molecule has 0 saturated heterocycles. The van der Waals surface area contributed by atoms with Gasteiger partial charge in [-0.05, 0) is 47.8 Å². The average molecular weight is 180 g/mol. The van der Waals surface area contributed by atoms with Crippen molar-refractivity contribution in [3.05, 3.63) is 0 Å². The van der Waals surface area contributed by atoms with Gasteiger partial charge in [0.05, 0.1) is 0 Å². The van der Waals surface area contributed by atoms with Gasteiger partial charge in [-0.3, -0.25) is 0 Å². The van der Waals surface area contributed by atoms with Crippen LogP contribution in [0.5, 0.6) is 0 Å². The zero-order valence-corrected chi connectivity index (χ0v) is 9.80. The molecular formula is C13H24. The second-order valence-corrected chi connectivity index (χ2v) is 6.43. The lowest BCUT2D eigenvalue weighted by Gasteiger charge is -2.53. The SMILES string of the molecule is CC1CC1C(C)C1C(C)CC1(C)C. The van der Waals surface area contributed by atoms with Crippen LogP contribution in [-0.4, -0.2) is 0 Å². The summed E-state index contributed by atoms with van der Waals surface area (Å²) in [6.45, 7) is 12.3. The van der Waals surface area contributed by atoms with Gasteiger partial charge in [-0.1, -0.05) is 34.6 Å². The van der Waals surface area contributed by atoms with Crippen molar-refractivity contribution in [2.75, 3.05) is 0 Å². The Balaban J connectivity index is 1.99. The summed E-state index contributed by atoms with van der Waals surface area (Å²) in [7, 11) is 0. The Morgan fingerprint density at radius 3 is 2.00 bits per heavy atom. The van der Waals surface area contributed by atoms with Crippen LogP contribution < -0.4 is 0 Å². The molecule has 0 amide bonds. The molecule has 76 valence electrons. The van der Waals surface area contributed by atoms with E-state index in [-0.39, 0.29) is 0 Å². The standard InChI is InChI=1S/C13H24/c1-8-6-11(8)10(3)12-9(2)7-13(12,4)5/h8-12H,6-7H2,1-5H3. The van der Waals surface area contributed by atoms with Crippen LogP contribution >= 0.6 is 0 Å². The van der Waals surface area contributed by atoms with E-state index in [0.29, 0.717) is 5.41 Å². The number of hydrogen-bond donors (Lipinski definition) is 0. The van der Waals surface area contributed by atoms with E-state index in [2.05, 4.69) is 34.6 Å². The van der Waals surface area contributed by atoms with Gasteiger partial charge in [-0.15, -0.1) is 0 Å². The van der Waals surface area contributed by atoms with Gasteiger partial charge in [0.1, 0.15) is 0 Å². The quantitative estimate of drug-likeness (QED) is 0.603. The molecule has 0 spiro atoms. The maximum Gasteiger partial charge on any atom is -0.0308 e. The van der Waals surface area contributed by atoms with E-state index in [9.17, 15) is 0 Å². The molecule has 5 atom stereocenters. The highest BCUT2D eigenvalue weighted by molar-refractivity contribution is 5.01. The lowest BCUT2D eigenvalue weighted by molar-refractivity contribution is -0.0462. The van der Waals surface area contributed by atoms with Crippen molar-refractivity contribution in [2.45, 2.75) is 47.5 Å². The first kappa shape index (κ1) is 9.55. The molecule has 0 heterocycles. The second kappa shape index (κ2) is 2.74. The Morgan fingerprint density at radius 1 is 1.15 bits per heavy atom. The summed E-state index contributed by atoms with van der Waals surface area (Å²) >= 11 is 0. The normalized spacial score (nSPS) is 49.6. The monoisotopic (exact) mass is 180 g/mol. The van der Waals surface area contributed by atoms with Crippen LogP contribution in [0.4, 0.5) is 0 Å². The summed E-state index contributed by atoms with van der Waals surface area (Å²) in [6, 6.07) is 0. The summed E-state index contributed by atoms with van der Waals surface area (Å²) in [5.74, 6) is 5.06. The third-order valence-electron chi connectivity index (χ3n) is 4.78. The molecule has 0 nitrogen and oxygen atoms in total. The van der Waals surface area contributed by atoms with Gasteiger partial charge in [-0.25, -0.2) is 0 Å². The van der Waals surface area contributed by atoms with E-state index >= 15 is 0 Å². The zero-order chi connectivity index (χ0) is 9.80. The van der Waals surface area contributed by atoms with Gasteiger partial charge >= 0.3 is 0 Å². The van der Waals surface area contributed by atoms with Crippen LogP contribution in [0.15, 0.2) is 0 Å². The van der Waals surface area contributed by atoms with E-state index in [1.165, 1.54) is 12.8 Å². The molecular weight excluding hydrogens is 156 g/mol. The molecule has 2 fully saturated rings. The predicted octanol–water partition coefficient (Wildman–Crippen LogP) is 3.96. The van der Waals surface area contributed by atoms with Gasteiger partial charge in [0.25, 0.3) is 0 Å². The molecule has 0 N–H and O–H groups in total. The van der Waals surface area contributed by atoms with Crippen molar-refractivity contribution in [1.82, 2.24) is 0 Å². The van der Waals surface area contributed by atoms with E-state index in [1.54, 1.807) is 0 Å². The second-order valence-electron chi connectivity index (χ2n) is 6.43. The molecule has 2 aliphatic rings. The van der Waals surface area contributed by atoms with E-state index in [0.717, 1.165) is 29.6 Å². The molecule has 2 rings (SSSR count). The smallest absolute Gasteiger partial charge is 0.0308 e. The Kier molecular flexibility index (Phi) is 2.02. The summed E-state index contributed by atoms with van der Waals surface area (Å²) < 4.78 is 0. The first-order chi connectivity index (χ1) is 5.93. The van der Waals surface area contributed by atoms with E-state index in [1.807, 2.05) is 0 Å². The fourth-order valence-electron chi connectivity index (χ4n) is 4.28. The van der Waals surface area contributed by atoms with Crippen LogP contribution in [0.25, 0.3) is 0 Å². The van der Waals surface area contributed by atoms with Crippen LogP contribution in [0.3, 0.4) is 0 Å². The number of hydrogen-bond acceptors (Lipinski definition) is 0. The first-order valence-corrected chi connectivity index (χ1v) is 5.93. The van der Waals surface area contributed by atoms with Crippen molar-refractivity contribution in [3.8, 4) is 0 Å². The Labute approximate surface area is 83.1 Å². The first-order valence-electron chi connectivity index (χ1n) is 5.93. The van der Waals surface area contributed by atoms with Crippen molar-refractivity contribution < 1.29 is 0 Å². The maximum absolute atomic E-state index is 2.50. The van der Waals surface area contributed by atoms with E-state index < -0.39 is 0 Å². The summed E-state index contributed by atoms with van der Waals surface area (Å²) in [5, 5.41) is 0. The topological polar surface area (TPSA) is 0 Å². The van der Waals surface area contributed by atoms with Crippen LogP contribution in [0.1, 0.15) is 47.5 Å². The molecule has 0 aromatic carbocycles. The minimum Gasteiger partial charge on any atom is -0.0622 e. The van der Waals surface area contributed by atoms with Gasteiger partial charge in [-0.2, -0.15) is 0 Å². The molecule has 0 aliphatic heterocycles. The highest BCUT2D eigenvalue weighted by atomic mass is 14.6. The molecule has 0 bridgehead atoms. The van der Waals surface area contributed by atoms with Crippen molar-refractivity contribution >= 4 is 0 Å². The lowest BCUT2D eigenvalue weighted by atomic mass is 9.51. The maximum atomic E-state index is 2.50. The Hall–Kier alpha value is 0. The summed E-state index contributed by atoms with van der Waals surface area (Å²) in [6.07, 6.45) is 2.95. The largest absolute Gasteiger partial charge is 0.0622 e. The minimum atomic E-state index is 0.640. The van der Waals surface area contributed by atoms with Gasteiger partial charge in [0.15, 0.2) is 0 Å². The summed E-state index contributed by atoms with van der Waals surface area (Å²) in [5.41, 5.74) is 0.640. The fraction of sp³-hybridized carbons (Fsp3) is 1.00. The average Bonchev–Trinajstić information content (AvgIpc) is 2.64. The molecule has 0 aromatic rings. The van der Waals surface area contributed by atoms with Crippen molar-refractivity contribution in [3.63, 3.8) is 0 Å². The van der Waals surface area contributed by atoms with Crippen LogP contribution in [0.2, 0.25) is 0 Å². The molecule has 0 aromatic heterocycles. The highest BCUT2D eigenvalue weighted by Crippen LogP contribution is 2.59. The minimum absolute atomic E-state index is 0.640. The zero-order valence-electron chi connectivity index (χ0n) is 9.80. The molecule has 0 radical (unpaired) electrons. The fourth-order valence-corrected chi connectivity index (χ4v) is 4.28. The third-order valence-corrected chi connectivity index (χ3v) is 4.78. The lowest BCUT2D eigenvalue weighted by Crippen LogP contribution is -2.46. The molecule has 13 heavy (non-hydrogen) atoms. The molecule has 2 saturated carbocycles. The summed E-state index contributed by atoms with van der Waals surface area (Å²) in [4.78, 5) is 0. The number of rotatable bonds is 2. The highest BCUT2D eigenvalue weighted by Gasteiger charge is 2.52. The van der Waals surface area contributed by atoms with Crippen molar-refractivity contribution in [1.29, 1.82) is 0 Å². The van der Waals surface area contributed by atoms with Gasteiger partial charge < -0.3 is 0 Å². The molecule has 0 heteroatoms. The Bertz CT molecular complexity index is 204. The molecule has 5 unspecified atom stereocenters. The van der Waals surface area contributed by atoms with Crippen LogP contribution in [0, 0.1) is 35.0 Å². The van der Waals surface area contributed by atoms with Crippen LogP contribution in [-0.2, 0) is 0 Å². The van der Waals surface area contributed by atoms with Gasteiger partial charge in [0.2, 0.25) is 0 Å². The van der Waals surface area contributed by atoms with Crippen molar-refractivity contribution in [2.24, 2.45) is 35.0 Å². The van der Waals surface area contributed by atoms with Gasteiger partial charge in [0, 0.05) is 0 Å². The Morgan fingerprint density at radius 2 is 1.69 bits per heavy atom. The predicted molar refractivity (Wildman–Crippen MR) is 57.5 cm³/mol. The third kappa shape index (κ3) is 1.43.